The summed E-state index contributed by atoms with van der Waals surface area (Å²) in [5, 5.41) is 7.69. The first-order chi connectivity index (χ1) is 8.31. The Hall–Kier alpha value is -0.870. The molecular weight excluding hydrogens is 214 g/mol. The lowest BCUT2D eigenvalue weighted by Gasteiger charge is -2.14. The molecule has 1 rings (SSSR count). The van der Waals surface area contributed by atoms with Gasteiger partial charge in [-0.1, -0.05) is 6.92 Å². The van der Waals surface area contributed by atoms with Crippen LogP contribution >= 0.6 is 0 Å². The molecule has 1 atom stereocenters. The topological polar surface area (TPSA) is 39.1 Å². The number of ether oxygens (including phenoxy) is 1. The second-order valence-electron chi connectivity index (χ2n) is 4.32. The molecule has 0 aliphatic carbocycles. The van der Waals surface area contributed by atoms with Crippen LogP contribution in [-0.2, 0) is 17.7 Å². The van der Waals surface area contributed by atoms with Crippen molar-refractivity contribution >= 4 is 0 Å². The van der Waals surface area contributed by atoms with Gasteiger partial charge in [-0.2, -0.15) is 5.10 Å². The Balaban J connectivity index is 2.39. The van der Waals surface area contributed by atoms with Gasteiger partial charge < -0.3 is 10.1 Å². The van der Waals surface area contributed by atoms with Crippen LogP contribution < -0.4 is 5.32 Å². The summed E-state index contributed by atoms with van der Waals surface area (Å²) in [6.45, 7) is 3.97. The maximum Gasteiger partial charge on any atom is 0.0492 e. The van der Waals surface area contributed by atoms with Crippen LogP contribution in [0.3, 0.4) is 0 Å². The predicted molar refractivity (Wildman–Crippen MR) is 70.2 cm³/mol. The fourth-order valence-corrected chi connectivity index (χ4v) is 2.01. The van der Waals surface area contributed by atoms with Crippen LogP contribution in [0.15, 0.2) is 12.3 Å². The molecule has 1 N–H and O–H groups in total. The molecule has 0 fully saturated rings. The first-order valence-corrected chi connectivity index (χ1v) is 6.48. The summed E-state index contributed by atoms with van der Waals surface area (Å²) in [4.78, 5) is 0. The van der Waals surface area contributed by atoms with Gasteiger partial charge in [0.2, 0.25) is 0 Å². The van der Waals surface area contributed by atoms with Gasteiger partial charge in [-0.05, 0) is 38.8 Å². The molecule has 0 aliphatic rings. The molecule has 1 aromatic rings. The van der Waals surface area contributed by atoms with E-state index in [0.29, 0.717) is 6.04 Å². The van der Waals surface area contributed by atoms with Crippen LogP contribution in [0.5, 0.6) is 0 Å². The standard InChI is InChI=1S/C13H25N3O/c1-4-12(14-2)6-7-13-8-9-15-16(13)10-5-11-17-3/h8-9,12,14H,4-7,10-11H2,1-3H3. The second-order valence-corrected chi connectivity index (χ2v) is 4.32. The van der Waals surface area contributed by atoms with E-state index >= 15 is 0 Å². The molecule has 0 amide bonds. The molecule has 1 heterocycles. The number of aromatic nitrogens is 2. The Morgan fingerprint density at radius 3 is 3.00 bits per heavy atom. The van der Waals surface area contributed by atoms with E-state index in [0.717, 1.165) is 26.0 Å². The van der Waals surface area contributed by atoms with Gasteiger partial charge in [0.05, 0.1) is 0 Å². The maximum absolute atomic E-state index is 5.06. The largest absolute Gasteiger partial charge is 0.385 e. The van der Waals surface area contributed by atoms with Crippen LogP contribution in [0.4, 0.5) is 0 Å². The third-order valence-electron chi connectivity index (χ3n) is 3.17. The highest BCUT2D eigenvalue weighted by atomic mass is 16.5. The summed E-state index contributed by atoms with van der Waals surface area (Å²) < 4.78 is 7.16. The summed E-state index contributed by atoms with van der Waals surface area (Å²) in [6, 6.07) is 2.73. The first-order valence-electron chi connectivity index (χ1n) is 6.48. The SMILES string of the molecule is CCC(CCc1ccnn1CCCOC)NC. The number of hydrogen-bond acceptors (Lipinski definition) is 3. The van der Waals surface area contributed by atoms with Gasteiger partial charge in [-0.25, -0.2) is 0 Å². The molecule has 0 bridgehead atoms. The Kier molecular flexibility index (Phi) is 6.89. The minimum atomic E-state index is 0.609. The van der Waals surface area contributed by atoms with Crippen molar-refractivity contribution in [1.82, 2.24) is 15.1 Å². The normalized spacial score (nSPS) is 12.9. The van der Waals surface area contributed by atoms with Gasteiger partial charge >= 0.3 is 0 Å². The van der Waals surface area contributed by atoms with Crippen LogP contribution in [0.1, 0.15) is 31.9 Å². The van der Waals surface area contributed by atoms with E-state index in [9.17, 15) is 0 Å². The summed E-state index contributed by atoms with van der Waals surface area (Å²) >= 11 is 0. The first kappa shape index (κ1) is 14.2. The minimum absolute atomic E-state index is 0.609. The Labute approximate surface area is 104 Å². The molecule has 0 saturated carbocycles. The molecule has 0 aromatic carbocycles. The van der Waals surface area contributed by atoms with Crippen LogP contribution in [-0.4, -0.2) is 36.6 Å². The lowest BCUT2D eigenvalue weighted by Crippen LogP contribution is -2.25. The maximum atomic E-state index is 5.06. The third kappa shape index (κ3) is 4.88. The van der Waals surface area contributed by atoms with Crippen molar-refractivity contribution in [3.63, 3.8) is 0 Å². The smallest absolute Gasteiger partial charge is 0.0492 e. The Morgan fingerprint density at radius 1 is 1.53 bits per heavy atom. The van der Waals surface area contributed by atoms with E-state index in [1.54, 1.807) is 7.11 Å². The summed E-state index contributed by atoms with van der Waals surface area (Å²) in [5.41, 5.74) is 1.33. The Morgan fingerprint density at radius 2 is 2.35 bits per heavy atom. The van der Waals surface area contributed by atoms with Crippen molar-refractivity contribution in [2.75, 3.05) is 20.8 Å². The van der Waals surface area contributed by atoms with Crippen molar-refractivity contribution in [2.24, 2.45) is 0 Å². The van der Waals surface area contributed by atoms with Crippen LogP contribution in [0.25, 0.3) is 0 Å². The lowest BCUT2D eigenvalue weighted by atomic mass is 10.1. The van der Waals surface area contributed by atoms with Gasteiger partial charge in [0.25, 0.3) is 0 Å². The lowest BCUT2D eigenvalue weighted by molar-refractivity contribution is 0.188. The average molecular weight is 239 g/mol. The van der Waals surface area contributed by atoms with E-state index < -0.39 is 0 Å². The summed E-state index contributed by atoms with van der Waals surface area (Å²) in [5.74, 6) is 0. The summed E-state index contributed by atoms with van der Waals surface area (Å²) in [6.07, 6.45) is 6.35. The minimum Gasteiger partial charge on any atom is -0.385 e. The molecular formula is C13H25N3O. The van der Waals surface area contributed by atoms with Crippen molar-refractivity contribution in [3.8, 4) is 0 Å². The molecule has 98 valence electrons. The molecule has 1 aromatic heterocycles. The zero-order valence-electron chi connectivity index (χ0n) is 11.3. The molecule has 0 radical (unpaired) electrons. The number of nitrogens with zero attached hydrogens (tertiary/aromatic N) is 2. The molecule has 4 heteroatoms. The van der Waals surface area contributed by atoms with Crippen molar-refractivity contribution in [2.45, 2.75) is 45.2 Å². The van der Waals surface area contributed by atoms with Gasteiger partial charge in [0.1, 0.15) is 0 Å². The molecule has 4 nitrogen and oxygen atoms in total. The average Bonchev–Trinajstić information content (AvgIpc) is 2.79. The van der Waals surface area contributed by atoms with E-state index in [1.165, 1.54) is 18.5 Å². The van der Waals surface area contributed by atoms with E-state index in [2.05, 4.69) is 28.1 Å². The van der Waals surface area contributed by atoms with Crippen molar-refractivity contribution in [3.05, 3.63) is 18.0 Å². The van der Waals surface area contributed by atoms with Gasteiger partial charge in [-0.15, -0.1) is 0 Å². The quantitative estimate of drug-likeness (QED) is 0.668. The number of nitrogens with one attached hydrogen (secondary N) is 1. The van der Waals surface area contributed by atoms with Crippen LogP contribution in [0.2, 0.25) is 0 Å². The molecule has 1 unspecified atom stereocenters. The highest BCUT2D eigenvalue weighted by Gasteiger charge is 2.06. The molecule has 0 aliphatic heterocycles. The zero-order chi connectivity index (χ0) is 12.5. The number of rotatable bonds is 9. The Bertz CT molecular complexity index is 295. The number of methoxy groups -OCH3 is 1. The molecule has 0 spiro atoms. The van der Waals surface area contributed by atoms with E-state index in [-0.39, 0.29) is 0 Å². The number of aryl methyl sites for hydroxylation is 2. The monoisotopic (exact) mass is 239 g/mol. The number of hydrogen-bond donors (Lipinski definition) is 1. The third-order valence-corrected chi connectivity index (χ3v) is 3.17. The van der Waals surface area contributed by atoms with Gasteiger partial charge in [0.15, 0.2) is 0 Å². The van der Waals surface area contributed by atoms with Gasteiger partial charge in [-0.3, -0.25) is 4.68 Å². The van der Waals surface area contributed by atoms with E-state index in [4.69, 9.17) is 4.74 Å². The van der Waals surface area contributed by atoms with Crippen LogP contribution in [0, 0.1) is 0 Å². The molecule has 17 heavy (non-hydrogen) atoms. The predicted octanol–water partition coefficient (Wildman–Crippen LogP) is 1.85. The summed E-state index contributed by atoms with van der Waals surface area (Å²) in [7, 11) is 3.77. The van der Waals surface area contributed by atoms with E-state index in [1.807, 2.05) is 13.2 Å². The second kappa shape index (κ2) is 8.25. The highest BCUT2D eigenvalue weighted by molar-refractivity contribution is 5.01. The fourth-order valence-electron chi connectivity index (χ4n) is 2.01. The zero-order valence-corrected chi connectivity index (χ0v) is 11.3. The van der Waals surface area contributed by atoms with Crippen molar-refractivity contribution < 1.29 is 4.74 Å². The molecule has 0 saturated heterocycles. The fraction of sp³-hybridized carbons (Fsp3) is 0.769. The van der Waals surface area contributed by atoms with Gasteiger partial charge in [0, 0.05) is 38.2 Å². The highest BCUT2D eigenvalue weighted by Crippen LogP contribution is 2.07. The van der Waals surface area contributed by atoms with Crippen molar-refractivity contribution in [1.29, 1.82) is 0 Å².